The van der Waals surface area contributed by atoms with Crippen molar-refractivity contribution in [3.63, 3.8) is 0 Å². The summed E-state index contributed by atoms with van der Waals surface area (Å²) in [5, 5.41) is 3.99. The third kappa shape index (κ3) is 5.55. The largest absolute Gasteiger partial charge is 0.316 e. The third-order valence-corrected chi connectivity index (χ3v) is 2.41. The normalized spacial score (nSPS) is 10.3. The van der Waals surface area contributed by atoms with Crippen LogP contribution in [0.15, 0.2) is 24.3 Å². The van der Waals surface area contributed by atoms with Gasteiger partial charge in [-0.3, -0.25) is 4.79 Å². The van der Waals surface area contributed by atoms with Gasteiger partial charge in [-0.15, -0.1) is 0 Å². The third-order valence-electron chi connectivity index (χ3n) is 2.16. The molecule has 0 unspecified atom stereocenters. The molecule has 0 heterocycles. The quantitative estimate of drug-likeness (QED) is 0.754. The van der Waals surface area contributed by atoms with Crippen molar-refractivity contribution >= 4 is 17.4 Å². The predicted octanol–water partition coefficient (Wildman–Crippen LogP) is 2.45. The molecular weight excluding hydrogens is 210 g/mol. The van der Waals surface area contributed by atoms with E-state index in [-0.39, 0.29) is 5.78 Å². The van der Waals surface area contributed by atoms with Crippen LogP contribution in [0.2, 0.25) is 5.02 Å². The molecule has 1 rings (SSSR count). The second-order valence-corrected chi connectivity index (χ2v) is 4.01. The molecule has 0 amide bonds. The molecule has 82 valence electrons. The first-order chi connectivity index (χ1) is 7.18. The van der Waals surface area contributed by atoms with Gasteiger partial charge in [-0.05, 0) is 37.6 Å². The van der Waals surface area contributed by atoms with Crippen molar-refractivity contribution in [2.75, 3.05) is 13.1 Å². The molecule has 0 aliphatic heterocycles. The van der Waals surface area contributed by atoms with Gasteiger partial charge in [0, 0.05) is 18.0 Å². The van der Waals surface area contributed by atoms with Crippen molar-refractivity contribution in [3.8, 4) is 0 Å². The SMILES string of the molecule is CC(=O)CCNCCc1ccc(Cl)cc1. The van der Waals surface area contributed by atoms with E-state index in [9.17, 15) is 4.79 Å². The van der Waals surface area contributed by atoms with Crippen LogP contribution in [0, 0.1) is 0 Å². The molecule has 1 aromatic carbocycles. The van der Waals surface area contributed by atoms with Crippen molar-refractivity contribution in [1.82, 2.24) is 5.32 Å². The van der Waals surface area contributed by atoms with Gasteiger partial charge in [0.15, 0.2) is 0 Å². The van der Waals surface area contributed by atoms with Crippen LogP contribution in [-0.4, -0.2) is 18.9 Å². The highest BCUT2D eigenvalue weighted by Gasteiger charge is 1.94. The predicted molar refractivity (Wildman–Crippen MR) is 63.3 cm³/mol. The van der Waals surface area contributed by atoms with Crippen LogP contribution in [0.4, 0.5) is 0 Å². The Morgan fingerprint density at radius 3 is 2.53 bits per heavy atom. The van der Waals surface area contributed by atoms with Gasteiger partial charge in [0.25, 0.3) is 0 Å². The molecule has 2 nitrogen and oxygen atoms in total. The maximum Gasteiger partial charge on any atom is 0.131 e. The molecule has 0 aromatic heterocycles. The molecule has 0 radical (unpaired) electrons. The minimum atomic E-state index is 0.231. The average molecular weight is 226 g/mol. The van der Waals surface area contributed by atoms with Crippen molar-refractivity contribution in [2.24, 2.45) is 0 Å². The van der Waals surface area contributed by atoms with E-state index in [1.54, 1.807) is 6.92 Å². The molecule has 1 N–H and O–H groups in total. The number of halogens is 1. The van der Waals surface area contributed by atoms with E-state index in [1.165, 1.54) is 5.56 Å². The fourth-order valence-corrected chi connectivity index (χ4v) is 1.40. The topological polar surface area (TPSA) is 29.1 Å². The second kappa shape index (κ2) is 6.59. The number of rotatable bonds is 6. The maximum atomic E-state index is 10.7. The van der Waals surface area contributed by atoms with Crippen molar-refractivity contribution < 1.29 is 4.79 Å². The maximum absolute atomic E-state index is 10.7. The lowest BCUT2D eigenvalue weighted by Gasteiger charge is -2.03. The van der Waals surface area contributed by atoms with E-state index < -0.39 is 0 Å². The molecule has 0 aliphatic rings. The molecular formula is C12H16ClNO. The van der Waals surface area contributed by atoms with E-state index in [0.717, 1.165) is 24.5 Å². The van der Waals surface area contributed by atoms with Crippen molar-refractivity contribution in [3.05, 3.63) is 34.9 Å². The van der Waals surface area contributed by atoms with Gasteiger partial charge >= 0.3 is 0 Å². The van der Waals surface area contributed by atoms with Crippen LogP contribution in [0.25, 0.3) is 0 Å². The summed E-state index contributed by atoms with van der Waals surface area (Å²) in [6.45, 7) is 3.28. The van der Waals surface area contributed by atoms with E-state index in [2.05, 4.69) is 5.32 Å². The second-order valence-electron chi connectivity index (χ2n) is 3.58. The Morgan fingerprint density at radius 1 is 1.27 bits per heavy atom. The lowest BCUT2D eigenvalue weighted by Crippen LogP contribution is -2.20. The smallest absolute Gasteiger partial charge is 0.131 e. The number of hydrogen-bond acceptors (Lipinski definition) is 2. The minimum absolute atomic E-state index is 0.231. The van der Waals surface area contributed by atoms with E-state index >= 15 is 0 Å². The van der Waals surface area contributed by atoms with Gasteiger partial charge in [0.05, 0.1) is 0 Å². The number of hydrogen-bond donors (Lipinski definition) is 1. The van der Waals surface area contributed by atoms with Crippen LogP contribution in [0.3, 0.4) is 0 Å². The van der Waals surface area contributed by atoms with Crippen LogP contribution < -0.4 is 5.32 Å². The highest BCUT2D eigenvalue weighted by atomic mass is 35.5. The molecule has 1 aromatic rings. The number of nitrogens with one attached hydrogen (secondary N) is 1. The van der Waals surface area contributed by atoms with Gasteiger partial charge in [-0.25, -0.2) is 0 Å². The molecule has 0 aliphatic carbocycles. The Hall–Kier alpha value is -0.860. The number of carbonyl (C=O) groups is 1. The van der Waals surface area contributed by atoms with Crippen LogP contribution in [0.1, 0.15) is 18.9 Å². The van der Waals surface area contributed by atoms with E-state index in [1.807, 2.05) is 24.3 Å². The summed E-state index contributed by atoms with van der Waals surface area (Å²) < 4.78 is 0. The zero-order valence-corrected chi connectivity index (χ0v) is 9.68. The summed E-state index contributed by atoms with van der Waals surface area (Å²) in [5.74, 6) is 0.231. The molecule has 0 fully saturated rings. The summed E-state index contributed by atoms with van der Waals surface area (Å²) in [6.07, 6.45) is 1.58. The Labute approximate surface area is 95.6 Å². The molecule has 0 spiro atoms. The summed E-state index contributed by atoms with van der Waals surface area (Å²) in [5.41, 5.74) is 1.26. The fraction of sp³-hybridized carbons (Fsp3) is 0.417. The Balaban J connectivity index is 2.15. The van der Waals surface area contributed by atoms with Gasteiger partial charge in [-0.1, -0.05) is 23.7 Å². The van der Waals surface area contributed by atoms with E-state index in [4.69, 9.17) is 11.6 Å². The standard InChI is InChI=1S/C12H16ClNO/c1-10(15)6-8-14-9-7-11-2-4-12(13)5-3-11/h2-5,14H,6-9H2,1H3. The summed E-state index contributed by atoms with van der Waals surface area (Å²) in [4.78, 5) is 10.7. The average Bonchev–Trinajstić information content (AvgIpc) is 2.20. The van der Waals surface area contributed by atoms with Crippen LogP contribution in [-0.2, 0) is 11.2 Å². The van der Waals surface area contributed by atoms with Crippen LogP contribution >= 0.6 is 11.6 Å². The van der Waals surface area contributed by atoms with Crippen molar-refractivity contribution in [1.29, 1.82) is 0 Å². The molecule has 0 saturated heterocycles. The molecule has 0 saturated carbocycles. The van der Waals surface area contributed by atoms with Crippen LogP contribution in [0.5, 0.6) is 0 Å². The zero-order chi connectivity index (χ0) is 11.1. The molecule has 0 atom stereocenters. The Bertz CT molecular complexity index is 308. The lowest BCUT2D eigenvalue weighted by molar-refractivity contribution is -0.116. The zero-order valence-electron chi connectivity index (χ0n) is 8.92. The highest BCUT2D eigenvalue weighted by Crippen LogP contribution is 2.09. The first-order valence-electron chi connectivity index (χ1n) is 5.13. The number of ketones is 1. The van der Waals surface area contributed by atoms with Gasteiger partial charge in [-0.2, -0.15) is 0 Å². The monoisotopic (exact) mass is 225 g/mol. The fourth-order valence-electron chi connectivity index (χ4n) is 1.27. The molecule has 15 heavy (non-hydrogen) atoms. The first kappa shape index (κ1) is 12.2. The Morgan fingerprint density at radius 2 is 1.93 bits per heavy atom. The summed E-state index contributed by atoms with van der Waals surface area (Å²) in [7, 11) is 0. The number of Topliss-reactive ketones (excluding diaryl/α,β-unsaturated/α-hetero) is 1. The number of carbonyl (C=O) groups excluding carboxylic acids is 1. The molecule has 3 heteroatoms. The van der Waals surface area contributed by atoms with Gasteiger partial charge in [0.2, 0.25) is 0 Å². The van der Waals surface area contributed by atoms with Gasteiger partial charge < -0.3 is 5.32 Å². The minimum Gasteiger partial charge on any atom is -0.316 e. The summed E-state index contributed by atoms with van der Waals surface area (Å²) >= 11 is 5.78. The summed E-state index contributed by atoms with van der Waals surface area (Å²) in [6, 6.07) is 7.84. The first-order valence-corrected chi connectivity index (χ1v) is 5.51. The van der Waals surface area contributed by atoms with Gasteiger partial charge in [0.1, 0.15) is 5.78 Å². The molecule has 0 bridgehead atoms. The van der Waals surface area contributed by atoms with E-state index in [0.29, 0.717) is 6.42 Å². The van der Waals surface area contributed by atoms with Crippen molar-refractivity contribution in [2.45, 2.75) is 19.8 Å². The highest BCUT2D eigenvalue weighted by molar-refractivity contribution is 6.30. The Kier molecular flexibility index (Phi) is 5.37. The lowest BCUT2D eigenvalue weighted by atomic mass is 10.1. The number of benzene rings is 1.